The van der Waals surface area contributed by atoms with E-state index >= 15 is 0 Å². The molecular weight excluding hydrogens is 146 g/mol. The first-order valence-corrected chi connectivity index (χ1v) is 4.81. The number of methoxy groups -OCH3 is 1. The minimum atomic E-state index is 0.568. The predicted octanol–water partition coefficient (Wildman–Crippen LogP) is 0.726. The summed E-state index contributed by atoms with van der Waals surface area (Å²) in [6, 6.07) is 1.22. The van der Waals surface area contributed by atoms with Crippen molar-refractivity contribution in [2.24, 2.45) is 0 Å². The molecule has 0 amide bonds. The van der Waals surface area contributed by atoms with Crippen LogP contribution in [0.2, 0.25) is 0 Å². The Morgan fingerprint density at radius 3 is 3.00 bits per heavy atom. The van der Waals surface area contributed by atoms with Gasteiger partial charge < -0.3 is 10.1 Å². The first-order chi connectivity index (χ1) is 4.83. The zero-order valence-electron chi connectivity index (χ0n) is 6.59. The lowest BCUT2D eigenvalue weighted by atomic mass is 10.3. The molecule has 0 aromatic heterocycles. The molecule has 1 fully saturated rings. The van der Waals surface area contributed by atoms with Crippen LogP contribution in [0, 0.1) is 0 Å². The molecule has 2 unspecified atom stereocenters. The highest BCUT2D eigenvalue weighted by atomic mass is 32.2. The molecule has 0 aliphatic carbocycles. The van der Waals surface area contributed by atoms with Crippen LogP contribution in [0.4, 0.5) is 0 Å². The van der Waals surface area contributed by atoms with Gasteiger partial charge in [0.25, 0.3) is 0 Å². The van der Waals surface area contributed by atoms with Crippen molar-refractivity contribution < 1.29 is 4.74 Å². The fraction of sp³-hybridized carbons (Fsp3) is 1.00. The van der Waals surface area contributed by atoms with Crippen LogP contribution < -0.4 is 5.32 Å². The molecule has 1 heterocycles. The van der Waals surface area contributed by atoms with Crippen molar-refractivity contribution in [3.8, 4) is 0 Å². The maximum atomic E-state index is 5.05. The Balaban J connectivity index is 2.18. The standard InChI is InChI=1S/C7H15NOS/c1-6-4-10-5-7(8-6)3-9-2/h6-8H,3-5H2,1-2H3. The van der Waals surface area contributed by atoms with Crippen molar-refractivity contribution in [3.63, 3.8) is 0 Å². The Morgan fingerprint density at radius 2 is 2.40 bits per heavy atom. The molecule has 0 spiro atoms. The molecule has 1 aliphatic rings. The lowest BCUT2D eigenvalue weighted by molar-refractivity contribution is 0.169. The minimum Gasteiger partial charge on any atom is -0.383 e. The largest absolute Gasteiger partial charge is 0.383 e. The lowest BCUT2D eigenvalue weighted by Crippen LogP contribution is -2.46. The molecular formula is C7H15NOS. The summed E-state index contributed by atoms with van der Waals surface area (Å²) in [7, 11) is 1.76. The van der Waals surface area contributed by atoms with Crippen molar-refractivity contribution in [1.82, 2.24) is 5.32 Å². The second kappa shape index (κ2) is 4.21. The number of hydrogen-bond donors (Lipinski definition) is 1. The third kappa shape index (κ3) is 2.48. The van der Waals surface area contributed by atoms with Gasteiger partial charge in [-0.3, -0.25) is 0 Å². The van der Waals surface area contributed by atoms with Gasteiger partial charge in [0.15, 0.2) is 0 Å². The van der Waals surface area contributed by atoms with Gasteiger partial charge in [0.2, 0.25) is 0 Å². The van der Waals surface area contributed by atoms with E-state index in [4.69, 9.17) is 4.74 Å². The van der Waals surface area contributed by atoms with E-state index in [-0.39, 0.29) is 0 Å². The van der Waals surface area contributed by atoms with Gasteiger partial charge >= 0.3 is 0 Å². The van der Waals surface area contributed by atoms with Gasteiger partial charge in [-0.25, -0.2) is 0 Å². The number of rotatable bonds is 2. The highest BCUT2D eigenvalue weighted by molar-refractivity contribution is 7.99. The molecule has 0 bridgehead atoms. The fourth-order valence-electron chi connectivity index (χ4n) is 1.18. The summed E-state index contributed by atoms with van der Waals surface area (Å²) < 4.78 is 5.05. The predicted molar refractivity (Wildman–Crippen MR) is 45.6 cm³/mol. The molecule has 1 aliphatic heterocycles. The SMILES string of the molecule is COCC1CSCC(C)N1. The molecule has 0 radical (unpaired) electrons. The Labute approximate surface area is 66.7 Å². The van der Waals surface area contributed by atoms with E-state index < -0.39 is 0 Å². The third-order valence-electron chi connectivity index (χ3n) is 1.57. The molecule has 2 nitrogen and oxygen atoms in total. The second-order valence-electron chi connectivity index (χ2n) is 2.76. The molecule has 1 rings (SSSR count). The first-order valence-electron chi connectivity index (χ1n) is 3.65. The maximum absolute atomic E-state index is 5.05. The molecule has 3 heteroatoms. The highest BCUT2D eigenvalue weighted by Crippen LogP contribution is 2.11. The number of thioether (sulfide) groups is 1. The van der Waals surface area contributed by atoms with Crippen LogP contribution in [0.1, 0.15) is 6.92 Å². The van der Waals surface area contributed by atoms with Crippen LogP contribution in [-0.4, -0.2) is 37.3 Å². The second-order valence-corrected chi connectivity index (χ2v) is 3.83. The zero-order chi connectivity index (χ0) is 7.40. The summed E-state index contributed by atoms with van der Waals surface area (Å²) in [5, 5.41) is 3.47. The normalized spacial score (nSPS) is 34.2. The van der Waals surface area contributed by atoms with E-state index in [1.165, 1.54) is 11.5 Å². The molecule has 2 atom stereocenters. The summed E-state index contributed by atoms with van der Waals surface area (Å²) in [4.78, 5) is 0. The molecule has 1 N–H and O–H groups in total. The van der Waals surface area contributed by atoms with Crippen LogP contribution in [-0.2, 0) is 4.74 Å². The van der Waals surface area contributed by atoms with Crippen molar-refractivity contribution in [2.75, 3.05) is 25.2 Å². The van der Waals surface area contributed by atoms with Crippen LogP contribution in [0.3, 0.4) is 0 Å². The van der Waals surface area contributed by atoms with Crippen molar-refractivity contribution in [3.05, 3.63) is 0 Å². The van der Waals surface area contributed by atoms with E-state index in [0.29, 0.717) is 12.1 Å². The number of hydrogen-bond acceptors (Lipinski definition) is 3. The maximum Gasteiger partial charge on any atom is 0.0623 e. The molecule has 0 aromatic carbocycles. The quantitative estimate of drug-likeness (QED) is 0.645. The molecule has 0 saturated carbocycles. The van der Waals surface area contributed by atoms with E-state index in [1.54, 1.807) is 7.11 Å². The number of ether oxygens (including phenoxy) is 1. The van der Waals surface area contributed by atoms with E-state index in [2.05, 4.69) is 12.2 Å². The van der Waals surface area contributed by atoms with Gasteiger partial charge in [0.1, 0.15) is 0 Å². The Bertz CT molecular complexity index is 97.6. The van der Waals surface area contributed by atoms with Gasteiger partial charge in [-0.15, -0.1) is 0 Å². The smallest absolute Gasteiger partial charge is 0.0623 e. The summed E-state index contributed by atoms with van der Waals surface area (Å²) in [5.41, 5.74) is 0. The van der Waals surface area contributed by atoms with Crippen molar-refractivity contribution in [1.29, 1.82) is 0 Å². The fourth-order valence-corrected chi connectivity index (χ4v) is 2.25. The van der Waals surface area contributed by atoms with Crippen molar-refractivity contribution >= 4 is 11.8 Å². The van der Waals surface area contributed by atoms with E-state index in [9.17, 15) is 0 Å². The molecule has 60 valence electrons. The third-order valence-corrected chi connectivity index (χ3v) is 2.95. The molecule has 1 saturated heterocycles. The van der Waals surface area contributed by atoms with Crippen LogP contribution >= 0.6 is 11.8 Å². The molecule has 0 aromatic rings. The van der Waals surface area contributed by atoms with Gasteiger partial charge in [0.05, 0.1) is 6.61 Å². The average molecular weight is 161 g/mol. The van der Waals surface area contributed by atoms with Crippen LogP contribution in [0.25, 0.3) is 0 Å². The summed E-state index contributed by atoms with van der Waals surface area (Å²) in [5.74, 6) is 2.43. The van der Waals surface area contributed by atoms with Gasteiger partial charge in [0, 0.05) is 30.7 Å². The Hall–Kier alpha value is 0.270. The first kappa shape index (κ1) is 8.37. The topological polar surface area (TPSA) is 21.3 Å². The van der Waals surface area contributed by atoms with Gasteiger partial charge in [-0.2, -0.15) is 11.8 Å². The van der Waals surface area contributed by atoms with Crippen LogP contribution in [0.5, 0.6) is 0 Å². The lowest BCUT2D eigenvalue weighted by Gasteiger charge is -2.27. The van der Waals surface area contributed by atoms with Gasteiger partial charge in [-0.05, 0) is 6.92 Å². The van der Waals surface area contributed by atoms with E-state index in [1.807, 2.05) is 11.8 Å². The summed E-state index contributed by atoms with van der Waals surface area (Å²) in [6.07, 6.45) is 0. The highest BCUT2D eigenvalue weighted by Gasteiger charge is 2.16. The summed E-state index contributed by atoms with van der Waals surface area (Å²) >= 11 is 2.01. The van der Waals surface area contributed by atoms with Crippen LogP contribution in [0.15, 0.2) is 0 Å². The monoisotopic (exact) mass is 161 g/mol. The van der Waals surface area contributed by atoms with Gasteiger partial charge in [-0.1, -0.05) is 0 Å². The van der Waals surface area contributed by atoms with E-state index in [0.717, 1.165) is 6.61 Å². The average Bonchev–Trinajstić information content (AvgIpc) is 1.88. The zero-order valence-corrected chi connectivity index (χ0v) is 7.41. The Morgan fingerprint density at radius 1 is 1.60 bits per heavy atom. The summed E-state index contributed by atoms with van der Waals surface area (Å²) in [6.45, 7) is 3.06. The molecule has 10 heavy (non-hydrogen) atoms. The van der Waals surface area contributed by atoms with Crippen molar-refractivity contribution in [2.45, 2.75) is 19.0 Å². The number of nitrogens with one attached hydrogen (secondary N) is 1. The Kier molecular flexibility index (Phi) is 3.52. The minimum absolute atomic E-state index is 0.568.